The fourth-order valence-corrected chi connectivity index (χ4v) is 1.30. The van der Waals surface area contributed by atoms with Gasteiger partial charge < -0.3 is 9.64 Å². The van der Waals surface area contributed by atoms with E-state index in [4.69, 9.17) is 4.74 Å². The van der Waals surface area contributed by atoms with Crippen LogP contribution in [0.1, 0.15) is 13.8 Å². The first-order valence-corrected chi connectivity index (χ1v) is 5.22. The standard InChI is InChI=1S/C11H17FN2O/c1-3-14(4-2)5-6-15-11-7-10(12)8-13-9-11/h7-9H,3-6H2,1-2H3. The molecular weight excluding hydrogens is 195 g/mol. The maximum Gasteiger partial charge on any atom is 0.145 e. The molecule has 0 aliphatic rings. The van der Waals surface area contributed by atoms with Gasteiger partial charge in [0.1, 0.15) is 18.2 Å². The number of halogens is 1. The third-order valence-corrected chi connectivity index (χ3v) is 2.25. The van der Waals surface area contributed by atoms with Crippen LogP contribution in [0.2, 0.25) is 0 Å². The van der Waals surface area contributed by atoms with Crippen molar-refractivity contribution >= 4 is 0 Å². The smallest absolute Gasteiger partial charge is 0.145 e. The van der Waals surface area contributed by atoms with E-state index in [-0.39, 0.29) is 5.82 Å². The minimum Gasteiger partial charge on any atom is -0.491 e. The van der Waals surface area contributed by atoms with Crippen molar-refractivity contribution in [1.82, 2.24) is 9.88 Å². The summed E-state index contributed by atoms with van der Waals surface area (Å²) >= 11 is 0. The van der Waals surface area contributed by atoms with Crippen LogP contribution in [0.5, 0.6) is 5.75 Å². The average Bonchev–Trinajstić information content (AvgIpc) is 2.25. The van der Waals surface area contributed by atoms with Gasteiger partial charge in [-0.05, 0) is 13.1 Å². The molecule has 1 aromatic rings. The lowest BCUT2D eigenvalue weighted by Crippen LogP contribution is -2.27. The highest BCUT2D eigenvalue weighted by Crippen LogP contribution is 2.09. The Balaban J connectivity index is 2.31. The van der Waals surface area contributed by atoms with Gasteiger partial charge in [0.05, 0.1) is 12.4 Å². The third-order valence-electron chi connectivity index (χ3n) is 2.25. The van der Waals surface area contributed by atoms with Crippen LogP contribution >= 0.6 is 0 Å². The lowest BCUT2D eigenvalue weighted by Gasteiger charge is -2.17. The normalized spacial score (nSPS) is 10.7. The second kappa shape index (κ2) is 6.35. The van der Waals surface area contributed by atoms with Crippen molar-refractivity contribution in [1.29, 1.82) is 0 Å². The topological polar surface area (TPSA) is 25.4 Å². The summed E-state index contributed by atoms with van der Waals surface area (Å²) in [7, 11) is 0. The minimum absolute atomic E-state index is 0.365. The van der Waals surface area contributed by atoms with Crippen LogP contribution in [0.15, 0.2) is 18.5 Å². The largest absolute Gasteiger partial charge is 0.491 e. The van der Waals surface area contributed by atoms with Gasteiger partial charge in [0.2, 0.25) is 0 Å². The van der Waals surface area contributed by atoms with Crippen molar-refractivity contribution in [2.45, 2.75) is 13.8 Å². The van der Waals surface area contributed by atoms with Crippen LogP contribution in [0.25, 0.3) is 0 Å². The van der Waals surface area contributed by atoms with Gasteiger partial charge >= 0.3 is 0 Å². The summed E-state index contributed by atoms with van der Waals surface area (Å²) in [6.45, 7) is 7.62. The van der Waals surface area contributed by atoms with Crippen molar-refractivity contribution in [3.8, 4) is 5.75 Å². The van der Waals surface area contributed by atoms with Gasteiger partial charge in [-0.3, -0.25) is 4.98 Å². The molecule has 1 heterocycles. The Bertz CT molecular complexity index is 290. The molecule has 0 fully saturated rings. The van der Waals surface area contributed by atoms with E-state index < -0.39 is 0 Å². The molecule has 0 unspecified atom stereocenters. The zero-order chi connectivity index (χ0) is 11.1. The maximum absolute atomic E-state index is 12.7. The average molecular weight is 212 g/mol. The Morgan fingerprint density at radius 3 is 2.67 bits per heavy atom. The number of rotatable bonds is 6. The van der Waals surface area contributed by atoms with Gasteiger partial charge in [-0.25, -0.2) is 4.39 Å². The monoisotopic (exact) mass is 212 g/mol. The van der Waals surface area contributed by atoms with Crippen LogP contribution < -0.4 is 4.74 Å². The molecule has 15 heavy (non-hydrogen) atoms. The van der Waals surface area contributed by atoms with E-state index in [1.807, 2.05) is 0 Å². The highest BCUT2D eigenvalue weighted by Gasteiger charge is 2.00. The first-order valence-electron chi connectivity index (χ1n) is 5.22. The quantitative estimate of drug-likeness (QED) is 0.720. The molecule has 0 spiro atoms. The number of pyridine rings is 1. The van der Waals surface area contributed by atoms with E-state index in [0.717, 1.165) is 25.8 Å². The highest BCUT2D eigenvalue weighted by atomic mass is 19.1. The molecule has 0 aliphatic carbocycles. The number of ether oxygens (including phenoxy) is 1. The van der Waals surface area contributed by atoms with Gasteiger partial charge in [-0.1, -0.05) is 13.8 Å². The lowest BCUT2D eigenvalue weighted by molar-refractivity contribution is 0.222. The Morgan fingerprint density at radius 2 is 2.07 bits per heavy atom. The molecule has 3 nitrogen and oxygen atoms in total. The molecule has 0 radical (unpaired) electrons. The zero-order valence-electron chi connectivity index (χ0n) is 9.24. The zero-order valence-corrected chi connectivity index (χ0v) is 9.24. The number of nitrogens with zero attached hydrogens (tertiary/aromatic N) is 2. The first kappa shape index (κ1) is 11.9. The van der Waals surface area contributed by atoms with E-state index >= 15 is 0 Å². The van der Waals surface area contributed by atoms with Gasteiger partial charge in [-0.2, -0.15) is 0 Å². The molecular formula is C11H17FN2O. The molecule has 0 N–H and O–H groups in total. The lowest BCUT2D eigenvalue weighted by atomic mass is 10.4. The summed E-state index contributed by atoms with van der Waals surface area (Å²) in [6.07, 6.45) is 2.68. The predicted molar refractivity (Wildman–Crippen MR) is 57.5 cm³/mol. The molecule has 4 heteroatoms. The number of likely N-dealkylation sites (N-methyl/N-ethyl adjacent to an activating group) is 1. The molecule has 0 atom stereocenters. The van der Waals surface area contributed by atoms with Crippen LogP contribution in [0, 0.1) is 5.82 Å². The van der Waals surface area contributed by atoms with Crippen molar-refractivity contribution in [2.24, 2.45) is 0 Å². The van der Waals surface area contributed by atoms with Gasteiger partial charge in [0.25, 0.3) is 0 Å². The Kier molecular flexibility index (Phi) is 5.04. The summed E-state index contributed by atoms with van der Waals surface area (Å²) in [5, 5.41) is 0. The summed E-state index contributed by atoms with van der Waals surface area (Å²) < 4.78 is 18.1. The van der Waals surface area contributed by atoms with E-state index in [9.17, 15) is 4.39 Å². The fraction of sp³-hybridized carbons (Fsp3) is 0.545. The summed E-state index contributed by atoms with van der Waals surface area (Å²) in [5.41, 5.74) is 0. The second-order valence-electron chi connectivity index (χ2n) is 3.21. The fourth-order valence-electron chi connectivity index (χ4n) is 1.30. The summed E-state index contributed by atoms with van der Waals surface area (Å²) in [6, 6.07) is 1.34. The van der Waals surface area contributed by atoms with Crippen LogP contribution in [-0.2, 0) is 0 Å². The molecule has 0 bridgehead atoms. The molecule has 0 amide bonds. The first-order chi connectivity index (χ1) is 7.26. The molecule has 1 aromatic heterocycles. The number of aromatic nitrogens is 1. The van der Waals surface area contributed by atoms with Gasteiger partial charge in [0.15, 0.2) is 0 Å². The Labute approximate surface area is 89.9 Å². The van der Waals surface area contributed by atoms with Crippen molar-refractivity contribution in [2.75, 3.05) is 26.2 Å². The minimum atomic E-state index is -0.365. The molecule has 0 aliphatic heterocycles. The van der Waals surface area contributed by atoms with Crippen molar-refractivity contribution in [3.05, 3.63) is 24.3 Å². The van der Waals surface area contributed by atoms with E-state index in [2.05, 4.69) is 23.7 Å². The highest BCUT2D eigenvalue weighted by molar-refractivity contribution is 5.16. The molecule has 84 valence electrons. The van der Waals surface area contributed by atoms with Crippen LogP contribution in [-0.4, -0.2) is 36.1 Å². The number of hydrogen-bond acceptors (Lipinski definition) is 3. The molecule has 0 saturated heterocycles. The summed E-state index contributed by atoms with van der Waals surface area (Å²) in [5.74, 6) is 0.123. The van der Waals surface area contributed by atoms with Crippen LogP contribution in [0.4, 0.5) is 4.39 Å². The van der Waals surface area contributed by atoms with E-state index in [0.29, 0.717) is 12.4 Å². The van der Waals surface area contributed by atoms with Gasteiger partial charge in [-0.15, -0.1) is 0 Å². The molecule has 1 rings (SSSR count). The number of hydrogen-bond donors (Lipinski definition) is 0. The van der Waals surface area contributed by atoms with E-state index in [1.54, 1.807) is 0 Å². The SMILES string of the molecule is CCN(CC)CCOc1cncc(F)c1. The van der Waals surface area contributed by atoms with Gasteiger partial charge in [0, 0.05) is 12.6 Å². The molecule has 0 aromatic carbocycles. The van der Waals surface area contributed by atoms with E-state index in [1.165, 1.54) is 12.3 Å². The van der Waals surface area contributed by atoms with Crippen LogP contribution in [0.3, 0.4) is 0 Å². The maximum atomic E-state index is 12.7. The molecule has 0 saturated carbocycles. The predicted octanol–water partition coefficient (Wildman–Crippen LogP) is 1.94. The van der Waals surface area contributed by atoms with Crippen molar-refractivity contribution < 1.29 is 9.13 Å². The Hall–Kier alpha value is -1.16. The summed E-state index contributed by atoms with van der Waals surface area (Å²) in [4.78, 5) is 5.95. The Morgan fingerprint density at radius 1 is 1.33 bits per heavy atom. The third kappa shape index (κ3) is 4.25. The second-order valence-corrected chi connectivity index (χ2v) is 3.21. The van der Waals surface area contributed by atoms with Crippen molar-refractivity contribution in [3.63, 3.8) is 0 Å².